The van der Waals surface area contributed by atoms with E-state index in [4.69, 9.17) is 10.5 Å². The Balaban J connectivity index is 2.54. The van der Waals surface area contributed by atoms with E-state index in [2.05, 4.69) is 9.82 Å². The number of aromatic nitrogens is 2. The monoisotopic (exact) mass is 262 g/mol. The molecular weight excluding hydrogens is 244 g/mol. The summed E-state index contributed by atoms with van der Waals surface area (Å²) in [5.41, 5.74) is 5.51. The van der Waals surface area contributed by atoms with Crippen molar-refractivity contribution in [3.05, 3.63) is 6.20 Å². The van der Waals surface area contributed by atoms with Crippen LogP contribution in [-0.2, 0) is 21.8 Å². The Morgan fingerprint density at radius 2 is 2.24 bits per heavy atom. The predicted octanol–water partition coefficient (Wildman–Crippen LogP) is -0.293. The van der Waals surface area contributed by atoms with Gasteiger partial charge >= 0.3 is 0 Å². The van der Waals surface area contributed by atoms with Crippen LogP contribution in [0.25, 0.3) is 0 Å². The van der Waals surface area contributed by atoms with Gasteiger partial charge in [-0.1, -0.05) is 0 Å². The fraction of sp³-hybridized carbons (Fsp3) is 0.667. The fourth-order valence-corrected chi connectivity index (χ4v) is 2.52. The van der Waals surface area contributed by atoms with E-state index in [-0.39, 0.29) is 10.7 Å². The van der Waals surface area contributed by atoms with Crippen LogP contribution in [0.15, 0.2) is 11.1 Å². The molecule has 0 unspecified atom stereocenters. The Labute approximate surface area is 101 Å². The van der Waals surface area contributed by atoms with Gasteiger partial charge in [0.05, 0.1) is 0 Å². The molecular formula is C9H18N4O3S. The summed E-state index contributed by atoms with van der Waals surface area (Å²) in [7, 11) is -0.326. The summed E-state index contributed by atoms with van der Waals surface area (Å²) in [6.45, 7) is 0.983. The minimum absolute atomic E-state index is 0.0110. The van der Waals surface area contributed by atoms with Crippen LogP contribution in [0, 0.1) is 0 Å². The maximum absolute atomic E-state index is 11.8. The van der Waals surface area contributed by atoms with Crippen molar-refractivity contribution < 1.29 is 13.2 Å². The van der Waals surface area contributed by atoms with Gasteiger partial charge < -0.3 is 10.5 Å². The second kappa shape index (κ2) is 5.99. The van der Waals surface area contributed by atoms with Crippen molar-refractivity contribution in [2.75, 3.05) is 26.0 Å². The molecule has 0 bridgehead atoms. The number of anilines is 1. The molecule has 0 fully saturated rings. The van der Waals surface area contributed by atoms with Crippen LogP contribution >= 0.6 is 0 Å². The first-order chi connectivity index (χ1) is 7.97. The summed E-state index contributed by atoms with van der Waals surface area (Å²) in [5, 5.41) is 3.79. The molecule has 0 spiro atoms. The molecule has 1 rings (SSSR count). The van der Waals surface area contributed by atoms with Gasteiger partial charge in [-0.2, -0.15) is 5.10 Å². The van der Waals surface area contributed by atoms with E-state index in [1.807, 2.05) is 0 Å². The molecule has 0 amide bonds. The van der Waals surface area contributed by atoms with E-state index in [1.54, 1.807) is 14.2 Å². The van der Waals surface area contributed by atoms with Crippen molar-refractivity contribution in [3.63, 3.8) is 0 Å². The third-order valence-corrected chi connectivity index (χ3v) is 3.66. The van der Waals surface area contributed by atoms with Crippen molar-refractivity contribution in [2.24, 2.45) is 7.05 Å². The third-order valence-electron chi connectivity index (χ3n) is 2.18. The lowest BCUT2D eigenvalue weighted by Gasteiger charge is -2.04. The first-order valence-corrected chi connectivity index (χ1v) is 6.73. The van der Waals surface area contributed by atoms with Gasteiger partial charge in [0.25, 0.3) is 0 Å². The van der Waals surface area contributed by atoms with Crippen molar-refractivity contribution in [2.45, 2.75) is 17.7 Å². The molecule has 17 heavy (non-hydrogen) atoms. The number of nitrogens with zero attached hydrogens (tertiary/aromatic N) is 2. The highest BCUT2D eigenvalue weighted by Gasteiger charge is 2.19. The largest absolute Gasteiger partial charge is 0.385 e. The van der Waals surface area contributed by atoms with E-state index in [0.29, 0.717) is 19.6 Å². The van der Waals surface area contributed by atoms with Crippen molar-refractivity contribution >= 4 is 15.8 Å². The Bertz CT molecular complexity index is 455. The van der Waals surface area contributed by atoms with Gasteiger partial charge in [-0.25, -0.2) is 13.1 Å². The summed E-state index contributed by atoms with van der Waals surface area (Å²) in [6, 6.07) is 0. The molecule has 0 radical (unpaired) electrons. The lowest BCUT2D eigenvalue weighted by molar-refractivity contribution is 0.193. The second-order valence-corrected chi connectivity index (χ2v) is 5.39. The number of ether oxygens (including phenoxy) is 1. The molecule has 0 aromatic carbocycles. The average Bonchev–Trinajstić information content (AvgIpc) is 2.58. The maximum atomic E-state index is 11.8. The predicted molar refractivity (Wildman–Crippen MR) is 63.9 cm³/mol. The van der Waals surface area contributed by atoms with Crippen LogP contribution in [0.3, 0.4) is 0 Å². The minimum Gasteiger partial charge on any atom is -0.385 e. The molecule has 98 valence electrons. The van der Waals surface area contributed by atoms with Crippen molar-refractivity contribution in [3.8, 4) is 0 Å². The second-order valence-electron chi connectivity index (χ2n) is 3.65. The number of nitrogens with one attached hydrogen (secondary N) is 1. The number of hydrogen-bond donors (Lipinski definition) is 2. The lowest BCUT2D eigenvalue weighted by Crippen LogP contribution is -2.25. The summed E-state index contributed by atoms with van der Waals surface area (Å²) in [6.07, 6.45) is 2.90. The molecule has 7 nitrogen and oxygen atoms in total. The highest BCUT2D eigenvalue weighted by atomic mass is 32.2. The Kier molecular flexibility index (Phi) is 4.91. The van der Waals surface area contributed by atoms with E-state index < -0.39 is 10.0 Å². The molecule has 0 aliphatic carbocycles. The first kappa shape index (κ1) is 13.9. The first-order valence-electron chi connectivity index (χ1n) is 5.25. The number of nitrogen functional groups attached to an aromatic ring is 1. The SMILES string of the molecule is COCCCCNS(=O)(=O)c1cn(C)nc1N. The zero-order valence-electron chi connectivity index (χ0n) is 10.0. The summed E-state index contributed by atoms with van der Waals surface area (Å²) in [5.74, 6) is 0.0110. The highest BCUT2D eigenvalue weighted by Crippen LogP contribution is 2.14. The zero-order chi connectivity index (χ0) is 12.9. The number of sulfonamides is 1. The molecule has 3 N–H and O–H groups in total. The molecule has 1 aromatic rings. The van der Waals surface area contributed by atoms with Crippen LogP contribution in [0.4, 0.5) is 5.82 Å². The van der Waals surface area contributed by atoms with Gasteiger partial charge in [0.15, 0.2) is 5.82 Å². The number of unbranched alkanes of at least 4 members (excludes halogenated alkanes) is 1. The Hall–Kier alpha value is -1.12. The topological polar surface area (TPSA) is 99.2 Å². The van der Waals surface area contributed by atoms with Crippen LogP contribution in [0.1, 0.15) is 12.8 Å². The van der Waals surface area contributed by atoms with Crippen LogP contribution < -0.4 is 10.5 Å². The molecule has 8 heteroatoms. The van der Waals surface area contributed by atoms with Gasteiger partial charge in [0, 0.05) is 33.5 Å². The molecule has 0 saturated heterocycles. The van der Waals surface area contributed by atoms with Gasteiger partial charge in [0.2, 0.25) is 10.0 Å². The van der Waals surface area contributed by atoms with Crippen LogP contribution in [0.5, 0.6) is 0 Å². The van der Waals surface area contributed by atoms with Crippen LogP contribution in [-0.4, -0.2) is 38.5 Å². The molecule has 1 aromatic heterocycles. The molecule has 0 aliphatic heterocycles. The van der Waals surface area contributed by atoms with Crippen molar-refractivity contribution in [1.29, 1.82) is 0 Å². The van der Waals surface area contributed by atoms with E-state index in [9.17, 15) is 8.42 Å². The van der Waals surface area contributed by atoms with Crippen LogP contribution in [0.2, 0.25) is 0 Å². The quantitative estimate of drug-likeness (QED) is 0.658. The Morgan fingerprint density at radius 1 is 1.53 bits per heavy atom. The van der Waals surface area contributed by atoms with Crippen molar-refractivity contribution in [1.82, 2.24) is 14.5 Å². The number of nitrogens with two attached hydrogens (primary N) is 1. The lowest BCUT2D eigenvalue weighted by atomic mass is 10.3. The summed E-state index contributed by atoms with van der Waals surface area (Å²) in [4.78, 5) is 0.0201. The van der Waals surface area contributed by atoms with E-state index >= 15 is 0 Å². The smallest absolute Gasteiger partial charge is 0.245 e. The number of hydrogen-bond acceptors (Lipinski definition) is 5. The standard InChI is InChI=1S/C9H18N4O3S/c1-13-7-8(9(10)12-13)17(14,15)11-5-3-4-6-16-2/h7,11H,3-6H2,1-2H3,(H2,10,12). The number of rotatable bonds is 7. The Morgan fingerprint density at radius 3 is 2.76 bits per heavy atom. The van der Waals surface area contributed by atoms with Gasteiger partial charge in [-0.05, 0) is 12.8 Å². The molecule has 0 saturated carbocycles. The molecule has 0 atom stereocenters. The third kappa shape index (κ3) is 3.99. The van der Waals surface area contributed by atoms with Gasteiger partial charge in [0.1, 0.15) is 4.90 Å². The minimum atomic E-state index is -3.56. The highest BCUT2D eigenvalue weighted by molar-refractivity contribution is 7.89. The number of methoxy groups -OCH3 is 1. The summed E-state index contributed by atoms with van der Waals surface area (Å²) >= 11 is 0. The number of aryl methyl sites for hydroxylation is 1. The maximum Gasteiger partial charge on any atom is 0.245 e. The van der Waals surface area contributed by atoms with E-state index in [1.165, 1.54) is 10.9 Å². The summed E-state index contributed by atoms with van der Waals surface area (Å²) < 4.78 is 32.4. The fourth-order valence-electron chi connectivity index (χ4n) is 1.35. The van der Waals surface area contributed by atoms with E-state index in [0.717, 1.165) is 6.42 Å². The van der Waals surface area contributed by atoms with Gasteiger partial charge in [-0.15, -0.1) is 0 Å². The zero-order valence-corrected chi connectivity index (χ0v) is 10.8. The molecule has 1 heterocycles. The molecule has 0 aliphatic rings. The normalized spacial score (nSPS) is 11.9. The van der Waals surface area contributed by atoms with Gasteiger partial charge in [-0.3, -0.25) is 4.68 Å². The average molecular weight is 262 g/mol.